The van der Waals surface area contributed by atoms with E-state index < -0.39 is 5.82 Å². The Bertz CT molecular complexity index is 882. The zero-order chi connectivity index (χ0) is 18.4. The first-order chi connectivity index (χ1) is 12.6. The van der Waals surface area contributed by atoms with Gasteiger partial charge in [0.25, 0.3) is 5.91 Å². The predicted molar refractivity (Wildman–Crippen MR) is 102 cm³/mol. The molecular formula is C20H17ClFN3O. The summed E-state index contributed by atoms with van der Waals surface area (Å²) in [6.07, 6.45) is 2.32. The van der Waals surface area contributed by atoms with Crippen molar-refractivity contribution in [2.24, 2.45) is 0 Å². The fourth-order valence-electron chi connectivity index (χ4n) is 2.39. The summed E-state index contributed by atoms with van der Waals surface area (Å²) in [4.78, 5) is 16.4. The van der Waals surface area contributed by atoms with E-state index in [1.54, 1.807) is 18.2 Å². The van der Waals surface area contributed by atoms with Crippen LogP contribution in [0.1, 0.15) is 15.9 Å². The smallest absolute Gasteiger partial charge is 0.257 e. The molecule has 0 spiro atoms. The lowest BCUT2D eigenvalue weighted by molar-refractivity contribution is 0.102. The third-order valence-electron chi connectivity index (χ3n) is 3.74. The number of nitrogens with one attached hydrogen (secondary N) is 2. The Morgan fingerprint density at radius 3 is 2.58 bits per heavy atom. The Hall–Kier alpha value is -2.92. The molecule has 2 aromatic carbocycles. The first-order valence-electron chi connectivity index (χ1n) is 8.11. The van der Waals surface area contributed by atoms with E-state index in [-0.39, 0.29) is 5.91 Å². The van der Waals surface area contributed by atoms with Gasteiger partial charge in [-0.2, -0.15) is 0 Å². The van der Waals surface area contributed by atoms with Gasteiger partial charge in [-0.1, -0.05) is 29.8 Å². The number of anilines is 2. The number of carbonyl (C=O) groups excluding carboxylic acids is 1. The number of benzene rings is 2. The van der Waals surface area contributed by atoms with Crippen LogP contribution in [-0.4, -0.2) is 17.4 Å². The van der Waals surface area contributed by atoms with Crippen molar-refractivity contribution in [3.63, 3.8) is 0 Å². The molecule has 1 aromatic heterocycles. The van der Waals surface area contributed by atoms with Crippen LogP contribution in [0.4, 0.5) is 15.9 Å². The van der Waals surface area contributed by atoms with Crippen molar-refractivity contribution in [2.45, 2.75) is 6.42 Å². The molecule has 26 heavy (non-hydrogen) atoms. The summed E-state index contributed by atoms with van der Waals surface area (Å²) in [7, 11) is 0. The summed E-state index contributed by atoms with van der Waals surface area (Å²) in [6, 6.07) is 16.9. The van der Waals surface area contributed by atoms with Gasteiger partial charge in [0.1, 0.15) is 11.6 Å². The third kappa shape index (κ3) is 5.04. The average molecular weight is 370 g/mol. The molecule has 0 aliphatic rings. The molecule has 3 aromatic rings. The number of nitrogens with zero attached hydrogens (tertiary/aromatic N) is 1. The second-order valence-corrected chi connectivity index (χ2v) is 6.14. The summed E-state index contributed by atoms with van der Waals surface area (Å²) in [5.41, 5.74) is 1.98. The van der Waals surface area contributed by atoms with Crippen LogP contribution in [0, 0.1) is 5.82 Å². The minimum atomic E-state index is -0.402. The quantitative estimate of drug-likeness (QED) is 0.657. The fourth-order valence-corrected chi connectivity index (χ4v) is 2.51. The van der Waals surface area contributed by atoms with Crippen molar-refractivity contribution < 1.29 is 9.18 Å². The van der Waals surface area contributed by atoms with Gasteiger partial charge >= 0.3 is 0 Å². The maximum absolute atomic E-state index is 13.2. The molecule has 0 bridgehead atoms. The van der Waals surface area contributed by atoms with Crippen molar-refractivity contribution in [2.75, 3.05) is 17.2 Å². The number of hydrogen-bond donors (Lipinski definition) is 2. The monoisotopic (exact) mass is 369 g/mol. The highest BCUT2D eigenvalue weighted by Gasteiger charge is 2.07. The predicted octanol–water partition coefficient (Wildman–Crippen LogP) is 4.78. The number of carbonyl (C=O) groups is 1. The zero-order valence-electron chi connectivity index (χ0n) is 13.9. The standard InChI is InChI=1S/C20H17ClFN3O/c21-16-7-4-14(5-8-16)10-11-23-19-9-6-15(13-24-19)20(26)25-18-3-1-2-17(22)12-18/h1-9,12-13H,10-11H2,(H,23,24)(H,25,26). The van der Waals surface area contributed by atoms with Crippen LogP contribution < -0.4 is 10.6 Å². The molecule has 0 unspecified atom stereocenters. The molecule has 1 amide bonds. The van der Waals surface area contributed by atoms with E-state index in [1.165, 1.54) is 30.0 Å². The minimum absolute atomic E-state index is 0.337. The largest absolute Gasteiger partial charge is 0.370 e. The van der Waals surface area contributed by atoms with Gasteiger partial charge in [-0.3, -0.25) is 4.79 Å². The maximum atomic E-state index is 13.2. The van der Waals surface area contributed by atoms with Crippen molar-refractivity contribution in [3.05, 3.63) is 88.8 Å². The molecule has 0 saturated carbocycles. The molecule has 1 heterocycles. The van der Waals surface area contributed by atoms with Crippen LogP contribution >= 0.6 is 11.6 Å². The number of aromatic nitrogens is 1. The van der Waals surface area contributed by atoms with E-state index in [4.69, 9.17) is 11.6 Å². The Morgan fingerprint density at radius 1 is 1.08 bits per heavy atom. The van der Waals surface area contributed by atoms with Crippen LogP contribution in [0.3, 0.4) is 0 Å². The lowest BCUT2D eigenvalue weighted by Gasteiger charge is -2.08. The van der Waals surface area contributed by atoms with Gasteiger partial charge in [-0.15, -0.1) is 0 Å². The Labute approximate surface area is 156 Å². The molecule has 132 valence electrons. The van der Waals surface area contributed by atoms with E-state index in [0.717, 1.165) is 11.4 Å². The van der Waals surface area contributed by atoms with E-state index in [9.17, 15) is 9.18 Å². The lowest BCUT2D eigenvalue weighted by Crippen LogP contribution is -2.13. The maximum Gasteiger partial charge on any atom is 0.257 e. The average Bonchev–Trinajstić information content (AvgIpc) is 2.64. The summed E-state index contributed by atoms with van der Waals surface area (Å²) in [5.74, 6) is -0.0572. The van der Waals surface area contributed by atoms with E-state index >= 15 is 0 Å². The summed E-state index contributed by atoms with van der Waals surface area (Å²) in [6.45, 7) is 0.712. The summed E-state index contributed by atoms with van der Waals surface area (Å²) >= 11 is 5.86. The highest BCUT2D eigenvalue weighted by molar-refractivity contribution is 6.30. The Morgan fingerprint density at radius 2 is 1.88 bits per heavy atom. The fraction of sp³-hybridized carbons (Fsp3) is 0.100. The van der Waals surface area contributed by atoms with Crippen molar-refractivity contribution >= 4 is 29.0 Å². The molecule has 3 rings (SSSR count). The van der Waals surface area contributed by atoms with Gasteiger partial charge in [0.15, 0.2) is 0 Å². The second kappa shape index (κ2) is 8.45. The van der Waals surface area contributed by atoms with Crippen LogP contribution in [0.25, 0.3) is 0 Å². The molecular weight excluding hydrogens is 353 g/mol. The van der Waals surface area contributed by atoms with Gasteiger partial charge in [0, 0.05) is 23.5 Å². The highest BCUT2D eigenvalue weighted by Crippen LogP contribution is 2.13. The molecule has 6 heteroatoms. The van der Waals surface area contributed by atoms with Gasteiger partial charge in [0.2, 0.25) is 0 Å². The van der Waals surface area contributed by atoms with Gasteiger partial charge in [0.05, 0.1) is 5.56 Å². The van der Waals surface area contributed by atoms with Crippen LogP contribution in [0.5, 0.6) is 0 Å². The number of rotatable bonds is 6. The zero-order valence-corrected chi connectivity index (χ0v) is 14.6. The van der Waals surface area contributed by atoms with Gasteiger partial charge in [-0.25, -0.2) is 9.37 Å². The van der Waals surface area contributed by atoms with Crippen molar-refractivity contribution in [1.29, 1.82) is 0 Å². The molecule has 2 N–H and O–H groups in total. The van der Waals surface area contributed by atoms with E-state index in [0.29, 0.717) is 23.6 Å². The highest BCUT2D eigenvalue weighted by atomic mass is 35.5. The van der Waals surface area contributed by atoms with E-state index in [1.807, 2.05) is 24.3 Å². The molecule has 0 atom stereocenters. The van der Waals surface area contributed by atoms with E-state index in [2.05, 4.69) is 15.6 Å². The number of amides is 1. The van der Waals surface area contributed by atoms with Crippen LogP contribution in [0.2, 0.25) is 5.02 Å². The molecule has 0 saturated heterocycles. The lowest BCUT2D eigenvalue weighted by atomic mass is 10.1. The van der Waals surface area contributed by atoms with Crippen molar-refractivity contribution in [3.8, 4) is 0 Å². The molecule has 0 fully saturated rings. The number of hydrogen-bond acceptors (Lipinski definition) is 3. The first kappa shape index (κ1) is 17.9. The van der Waals surface area contributed by atoms with Crippen LogP contribution in [-0.2, 0) is 6.42 Å². The molecule has 0 aliphatic heterocycles. The normalized spacial score (nSPS) is 10.4. The summed E-state index contributed by atoms with van der Waals surface area (Å²) < 4.78 is 13.2. The minimum Gasteiger partial charge on any atom is -0.370 e. The third-order valence-corrected chi connectivity index (χ3v) is 3.99. The number of halogens is 2. The SMILES string of the molecule is O=C(Nc1cccc(F)c1)c1ccc(NCCc2ccc(Cl)cc2)nc1. The molecule has 0 aliphatic carbocycles. The Balaban J connectivity index is 1.52. The van der Waals surface area contributed by atoms with Gasteiger partial charge in [-0.05, 0) is 54.4 Å². The molecule has 0 radical (unpaired) electrons. The van der Waals surface area contributed by atoms with Crippen molar-refractivity contribution in [1.82, 2.24) is 4.98 Å². The number of pyridine rings is 1. The van der Waals surface area contributed by atoms with Crippen LogP contribution in [0.15, 0.2) is 66.9 Å². The van der Waals surface area contributed by atoms with Gasteiger partial charge < -0.3 is 10.6 Å². The topological polar surface area (TPSA) is 54.0 Å². The Kier molecular flexibility index (Phi) is 5.81. The first-order valence-corrected chi connectivity index (χ1v) is 8.49. The second-order valence-electron chi connectivity index (χ2n) is 5.70. The molecule has 4 nitrogen and oxygen atoms in total. The summed E-state index contributed by atoms with van der Waals surface area (Å²) in [5, 5.41) is 6.56.